The van der Waals surface area contributed by atoms with Gasteiger partial charge in [-0.1, -0.05) is 29.3 Å². The first-order valence-electron chi connectivity index (χ1n) is 5.60. The van der Waals surface area contributed by atoms with Crippen molar-refractivity contribution < 1.29 is 4.74 Å². The highest BCUT2D eigenvalue weighted by atomic mass is 35.5. The molecule has 0 aliphatic rings. The molecule has 0 bridgehead atoms. The second-order valence-electron chi connectivity index (χ2n) is 4.03. The van der Waals surface area contributed by atoms with Gasteiger partial charge in [0.05, 0.1) is 12.3 Å². The fourth-order valence-electron chi connectivity index (χ4n) is 1.71. The minimum absolute atomic E-state index is 0.206. The summed E-state index contributed by atoms with van der Waals surface area (Å²) in [6.45, 7) is 0.297. The fourth-order valence-corrected chi connectivity index (χ4v) is 2.19. The van der Waals surface area contributed by atoms with E-state index in [1.54, 1.807) is 19.2 Å². The summed E-state index contributed by atoms with van der Waals surface area (Å²) in [7, 11) is 1.55. The zero-order valence-electron chi connectivity index (χ0n) is 10.2. The molecule has 0 unspecified atom stereocenters. The molecule has 19 heavy (non-hydrogen) atoms. The smallest absolute Gasteiger partial charge is 0.251 e. The van der Waals surface area contributed by atoms with Crippen LogP contribution in [0.3, 0.4) is 0 Å². The molecule has 0 spiro atoms. The lowest BCUT2D eigenvalue weighted by Gasteiger charge is -2.06. The molecule has 0 atom stereocenters. The zero-order chi connectivity index (χ0) is 13.8. The molecule has 0 amide bonds. The molecule has 0 saturated carbocycles. The van der Waals surface area contributed by atoms with E-state index in [1.165, 1.54) is 6.07 Å². The quantitative estimate of drug-likeness (QED) is 0.944. The molecule has 1 N–H and O–H groups in total. The Morgan fingerprint density at radius 3 is 2.79 bits per heavy atom. The molecule has 1 heterocycles. The summed E-state index contributed by atoms with van der Waals surface area (Å²) >= 11 is 11.9. The molecule has 2 rings (SSSR count). The average molecular weight is 299 g/mol. The Kier molecular flexibility index (Phi) is 4.58. The third kappa shape index (κ3) is 3.80. The van der Waals surface area contributed by atoms with Crippen LogP contribution in [0.4, 0.5) is 0 Å². The Morgan fingerprint density at radius 1 is 1.32 bits per heavy atom. The van der Waals surface area contributed by atoms with Crippen LogP contribution in [-0.2, 0) is 17.8 Å². The SMILES string of the molecule is COCc1cc(=O)[nH]c(Cc2ccc(Cl)cc2Cl)n1. The molecule has 1 aromatic carbocycles. The van der Waals surface area contributed by atoms with E-state index in [2.05, 4.69) is 9.97 Å². The zero-order valence-corrected chi connectivity index (χ0v) is 11.8. The van der Waals surface area contributed by atoms with E-state index < -0.39 is 0 Å². The van der Waals surface area contributed by atoms with Crippen LogP contribution in [0.2, 0.25) is 10.0 Å². The standard InChI is InChI=1S/C13H12Cl2N2O2/c1-19-7-10-6-13(18)17-12(16-10)4-8-2-3-9(14)5-11(8)15/h2-3,5-6H,4,7H2,1H3,(H,16,17,18). The normalized spacial score (nSPS) is 10.7. The number of hydrogen-bond acceptors (Lipinski definition) is 3. The van der Waals surface area contributed by atoms with E-state index in [-0.39, 0.29) is 5.56 Å². The van der Waals surface area contributed by atoms with Gasteiger partial charge in [-0.3, -0.25) is 4.79 Å². The van der Waals surface area contributed by atoms with Crippen molar-refractivity contribution in [3.05, 3.63) is 61.7 Å². The summed E-state index contributed by atoms with van der Waals surface area (Å²) in [5.41, 5.74) is 1.23. The molecular weight excluding hydrogens is 287 g/mol. The molecule has 0 radical (unpaired) electrons. The molecule has 6 heteroatoms. The van der Waals surface area contributed by atoms with Crippen LogP contribution >= 0.6 is 23.2 Å². The number of benzene rings is 1. The lowest BCUT2D eigenvalue weighted by atomic mass is 10.1. The van der Waals surface area contributed by atoms with Gasteiger partial charge in [-0.15, -0.1) is 0 Å². The van der Waals surface area contributed by atoms with E-state index in [1.807, 2.05) is 6.07 Å². The first-order chi connectivity index (χ1) is 9.08. The third-order valence-electron chi connectivity index (χ3n) is 2.51. The van der Waals surface area contributed by atoms with Gasteiger partial charge in [0.25, 0.3) is 5.56 Å². The van der Waals surface area contributed by atoms with Gasteiger partial charge in [0, 0.05) is 29.6 Å². The van der Waals surface area contributed by atoms with Gasteiger partial charge >= 0.3 is 0 Å². The van der Waals surface area contributed by atoms with Crippen molar-refractivity contribution in [3.63, 3.8) is 0 Å². The molecule has 2 aromatic rings. The predicted octanol–water partition coefficient (Wildman–Crippen LogP) is 2.81. The molecule has 0 aliphatic carbocycles. The second kappa shape index (κ2) is 6.19. The van der Waals surface area contributed by atoms with E-state index in [4.69, 9.17) is 27.9 Å². The Labute approximate surface area is 120 Å². The molecule has 0 fully saturated rings. The first kappa shape index (κ1) is 14.1. The summed E-state index contributed by atoms with van der Waals surface area (Å²) in [5.74, 6) is 0.545. The van der Waals surface area contributed by atoms with Crippen LogP contribution in [0.1, 0.15) is 17.1 Å². The van der Waals surface area contributed by atoms with Crippen LogP contribution < -0.4 is 5.56 Å². The monoisotopic (exact) mass is 298 g/mol. The van der Waals surface area contributed by atoms with Crippen molar-refractivity contribution in [2.24, 2.45) is 0 Å². The van der Waals surface area contributed by atoms with Crippen LogP contribution in [0.5, 0.6) is 0 Å². The number of H-pyrrole nitrogens is 1. The van der Waals surface area contributed by atoms with Gasteiger partial charge < -0.3 is 9.72 Å². The van der Waals surface area contributed by atoms with E-state index >= 15 is 0 Å². The molecule has 4 nitrogen and oxygen atoms in total. The highest BCUT2D eigenvalue weighted by Gasteiger charge is 2.06. The van der Waals surface area contributed by atoms with Gasteiger partial charge in [0.2, 0.25) is 0 Å². The van der Waals surface area contributed by atoms with Gasteiger partial charge in [-0.25, -0.2) is 4.98 Å². The molecular formula is C13H12Cl2N2O2. The number of ether oxygens (including phenoxy) is 1. The maximum absolute atomic E-state index is 11.5. The summed E-state index contributed by atoms with van der Waals surface area (Å²) in [4.78, 5) is 18.5. The lowest BCUT2D eigenvalue weighted by molar-refractivity contribution is 0.181. The maximum Gasteiger partial charge on any atom is 0.251 e. The summed E-state index contributed by atoms with van der Waals surface area (Å²) < 4.78 is 4.97. The van der Waals surface area contributed by atoms with Gasteiger partial charge in [-0.05, 0) is 17.7 Å². The minimum atomic E-state index is -0.206. The van der Waals surface area contributed by atoms with Crippen molar-refractivity contribution in [1.29, 1.82) is 0 Å². The number of aromatic amines is 1. The van der Waals surface area contributed by atoms with Gasteiger partial charge in [-0.2, -0.15) is 0 Å². The van der Waals surface area contributed by atoms with Crippen molar-refractivity contribution in [2.45, 2.75) is 13.0 Å². The topological polar surface area (TPSA) is 55.0 Å². The number of halogens is 2. The van der Waals surface area contributed by atoms with E-state index in [9.17, 15) is 4.79 Å². The number of rotatable bonds is 4. The van der Waals surface area contributed by atoms with Crippen LogP contribution in [0.15, 0.2) is 29.1 Å². The first-order valence-corrected chi connectivity index (χ1v) is 6.36. The Balaban J connectivity index is 2.30. The van der Waals surface area contributed by atoms with Crippen molar-refractivity contribution in [1.82, 2.24) is 9.97 Å². The second-order valence-corrected chi connectivity index (χ2v) is 4.87. The molecule has 0 saturated heterocycles. The van der Waals surface area contributed by atoms with Crippen molar-refractivity contribution in [3.8, 4) is 0 Å². The maximum atomic E-state index is 11.5. The number of hydrogen-bond donors (Lipinski definition) is 1. The van der Waals surface area contributed by atoms with Crippen molar-refractivity contribution in [2.75, 3.05) is 7.11 Å². The van der Waals surface area contributed by atoms with Crippen LogP contribution in [0, 0.1) is 0 Å². The Bertz CT molecular complexity index is 641. The number of nitrogens with one attached hydrogen (secondary N) is 1. The highest BCUT2D eigenvalue weighted by molar-refractivity contribution is 6.35. The largest absolute Gasteiger partial charge is 0.378 e. The highest BCUT2D eigenvalue weighted by Crippen LogP contribution is 2.22. The predicted molar refractivity (Wildman–Crippen MR) is 74.8 cm³/mol. The molecule has 1 aromatic heterocycles. The van der Waals surface area contributed by atoms with Crippen LogP contribution in [0.25, 0.3) is 0 Å². The lowest BCUT2D eigenvalue weighted by Crippen LogP contribution is -2.13. The van der Waals surface area contributed by atoms with E-state index in [0.717, 1.165) is 5.56 Å². The van der Waals surface area contributed by atoms with E-state index in [0.29, 0.717) is 34.6 Å². The van der Waals surface area contributed by atoms with Gasteiger partial charge in [0.1, 0.15) is 5.82 Å². The Morgan fingerprint density at radius 2 is 2.11 bits per heavy atom. The summed E-state index contributed by atoms with van der Waals surface area (Å²) in [6.07, 6.45) is 0.433. The number of aromatic nitrogens is 2. The van der Waals surface area contributed by atoms with Crippen LogP contribution in [-0.4, -0.2) is 17.1 Å². The number of methoxy groups -OCH3 is 1. The fraction of sp³-hybridized carbons (Fsp3) is 0.231. The summed E-state index contributed by atoms with van der Waals surface area (Å²) in [5, 5.41) is 1.12. The van der Waals surface area contributed by atoms with Gasteiger partial charge in [0.15, 0.2) is 0 Å². The minimum Gasteiger partial charge on any atom is -0.378 e. The average Bonchev–Trinajstić information content (AvgIpc) is 2.32. The number of nitrogens with zero attached hydrogens (tertiary/aromatic N) is 1. The van der Waals surface area contributed by atoms with Crippen molar-refractivity contribution >= 4 is 23.2 Å². The third-order valence-corrected chi connectivity index (χ3v) is 3.10. The molecule has 0 aliphatic heterocycles. The molecule has 100 valence electrons. The Hall–Kier alpha value is -1.36. The summed E-state index contributed by atoms with van der Waals surface area (Å²) in [6, 6.07) is 6.64.